The van der Waals surface area contributed by atoms with Crippen LogP contribution in [-0.4, -0.2) is 35.3 Å². The third-order valence-electron chi connectivity index (χ3n) is 2.65. The van der Waals surface area contributed by atoms with Crippen LogP contribution in [-0.2, 0) is 4.74 Å². The Hall–Kier alpha value is -1.07. The molecule has 0 unspecified atom stereocenters. The Morgan fingerprint density at radius 1 is 1.56 bits per heavy atom. The van der Waals surface area contributed by atoms with Crippen molar-refractivity contribution in [3.63, 3.8) is 0 Å². The molecule has 1 fully saturated rings. The summed E-state index contributed by atoms with van der Waals surface area (Å²) in [6.07, 6.45) is 1.53. The first-order valence-corrected chi connectivity index (χ1v) is 5.52. The Bertz CT molecular complexity index is 396. The fourth-order valence-electron chi connectivity index (χ4n) is 1.81. The number of hydrogen-bond donors (Lipinski definition) is 1. The molecule has 0 aliphatic carbocycles. The zero-order valence-corrected chi connectivity index (χ0v) is 10.2. The van der Waals surface area contributed by atoms with Gasteiger partial charge in [0.2, 0.25) is 5.95 Å². The minimum absolute atomic E-state index is 0.136. The quantitative estimate of drug-likeness (QED) is 0.805. The van der Waals surface area contributed by atoms with Gasteiger partial charge in [-0.05, 0) is 13.8 Å². The SMILES string of the molecule is CC1(C)COCCN1c1nc(N)ncc1Cl. The van der Waals surface area contributed by atoms with Crippen LogP contribution >= 0.6 is 11.6 Å². The fourth-order valence-corrected chi connectivity index (χ4v) is 2.00. The van der Waals surface area contributed by atoms with E-state index in [2.05, 4.69) is 28.7 Å². The van der Waals surface area contributed by atoms with Crippen LogP contribution < -0.4 is 10.6 Å². The van der Waals surface area contributed by atoms with Gasteiger partial charge in [-0.1, -0.05) is 11.6 Å². The first-order valence-electron chi connectivity index (χ1n) is 5.14. The van der Waals surface area contributed by atoms with Gasteiger partial charge in [0.15, 0.2) is 5.82 Å². The fraction of sp³-hybridized carbons (Fsp3) is 0.600. The minimum Gasteiger partial charge on any atom is -0.377 e. The summed E-state index contributed by atoms with van der Waals surface area (Å²) in [5.41, 5.74) is 5.45. The Kier molecular flexibility index (Phi) is 2.90. The number of morpholine rings is 1. The largest absolute Gasteiger partial charge is 0.377 e. The summed E-state index contributed by atoms with van der Waals surface area (Å²) in [7, 11) is 0. The predicted octanol–water partition coefficient (Wildman–Crippen LogP) is 1.33. The zero-order valence-electron chi connectivity index (χ0n) is 9.40. The Morgan fingerprint density at radius 2 is 2.31 bits per heavy atom. The molecule has 0 atom stereocenters. The number of hydrogen-bond acceptors (Lipinski definition) is 5. The second-order valence-corrected chi connectivity index (χ2v) is 4.82. The molecule has 5 nitrogen and oxygen atoms in total. The lowest BCUT2D eigenvalue weighted by atomic mass is 10.0. The molecule has 16 heavy (non-hydrogen) atoms. The monoisotopic (exact) mass is 242 g/mol. The second kappa shape index (κ2) is 4.07. The molecule has 0 saturated carbocycles. The molecule has 1 aromatic rings. The highest BCUT2D eigenvalue weighted by atomic mass is 35.5. The highest BCUT2D eigenvalue weighted by molar-refractivity contribution is 6.32. The maximum Gasteiger partial charge on any atom is 0.222 e. The summed E-state index contributed by atoms with van der Waals surface area (Å²) in [5, 5.41) is 0.518. The van der Waals surface area contributed by atoms with Gasteiger partial charge in [-0.25, -0.2) is 4.98 Å². The van der Waals surface area contributed by atoms with Crippen LogP contribution in [0.4, 0.5) is 11.8 Å². The third-order valence-corrected chi connectivity index (χ3v) is 2.91. The molecular formula is C10H15ClN4O. The number of aromatic nitrogens is 2. The van der Waals surface area contributed by atoms with E-state index >= 15 is 0 Å². The summed E-state index contributed by atoms with van der Waals surface area (Å²) in [5.74, 6) is 0.921. The standard InChI is InChI=1S/C10H15ClN4O/c1-10(2)6-16-4-3-15(10)8-7(11)5-13-9(12)14-8/h5H,3-4,6H2,1-2H3,(H2,12,13,14). The van der Waals surface area contributed by atoms with Gasteiger partial charge < -0.3 is 15.4 Å². The number of rotatable bonds is 1. The average molecular weight is 243 g/mol. The lowest BCUT2D eigenvalue weighted by molar-refractivity contribution is 0.0639. The number of halogens is 1. The van der Waals surface area contributed by atoms with Gasteiger partial charge in [-0.2, -0.15) is 4.98 Å². The molecule has 1 aliphatic heterocycles. The van der Waals surface area contributed by atoms with Gasteiger partial charge in [0.1, 0.15) is 5.02 Å². The molecule has 1 aliphatic rings. The van der Waals surface area contributed by atoms with Crippen LogP contribution in [0.15, 0.2) is 6.20 Å². The van der Waals surface area contributed by atoms with E-state index in [1.807, 2.05) is 0 Å². The number of nitrogens with two attached hydrogens (primary N) is 1. The maximum atomic E-state index is 6.09. The normalized spacial score (nSPS) is 19.8. The van der Waals surface area contributed by atoms with E-state index in [9.17, 15) is 0 Å². The molecule has 0 bridgehead atoms. The van der Waals surface area contributed by atoms with Gasteiger partial charge in [-0.3, -0.25) is 0 Å². The molecule has 0 amide bonds. The summed E-state index contributed by atoms with van der Waals surface area (Å²) in [6, 6.07) is 0. The number of nitrogens with zero attached hydrogens (tertiary/aromatic N) is 3. The molecule has 2 rings (SSSR count). The number of ether oxygens (including phenoxy) is 1. The van der Waals surface area contributed by atoms with E-state index in [0.29, 0.717) is 24.1 Å². The summed E-state index contributed by atoms with van der Waals surface area (Å²) >= 11 is 6.09. The molecule has 0 spiro atoms. The Balaban J connectivity index is 2.38. The average Bonchev–Trinajstić information content (AvgIpc) is 2.22. The van der Waals surface area contributed by atoms with Crippen LogP contribution in [0, 0.1) is 0 Å². The summed E-state index contributed by atoms with van der Waals surface area (Å²) < 4.78 is 5.45. The van der Waals surface area contributed by atoms with E-state index in [0.717, 1.165) is 6.54 Å². The molecule has 0 radical (unpaired) electrons. The van der Waals surface area contributed by atoms with E-state index in [-0.39, 0.29) is 11.5 Å². The lowest BCUT2D eigenvalue weighted by Crippen LogP contribution is -2.53. The van der Waals surface area contributed by atoms with E-state index in [1.165, 1.54) is 6.20 Å². The van der Waals surface area contributed by atoms with Crippen molar-refractivity contribution in [2.45, 2.75) is 19.4 Å². The van der Waals surface area contributed by atoms with Crippen LogP contribution in [0.3, 0.4) is 0 Å². The summed E-state index contributed by atoms with van der Waals surface area (Å²) in [6.45, 7) is 6.24. The van der Waals surface area contributed by atoms with E-state index < -0.39 is 0 Å². The topological polar surface area (TPSA) is 64.3 Å². The first kappa shape index (κ1) is 11.4. The molecular weight excluding hydrogens is 228 g/mol. The summed E-state index contributed by atoms with van der Waals surface area (Å²) in [4.78, 5) is 10.2. The van der Waals surface area contributed by atoms with Gasteiger partial charge in [0, 0.05) is 6.54 Å². The molecule has 1 aromatic heterocycles. The van der Waals surface area contributed by atoms with Gasteiger partial charge >= 0.3 is 0 Å². The molecule has 0 aromatic carbocycles. The van der Waals surface area contributed by atoms with Crippen molar-refractivity contribution in [1.29, 1.82) is 0 Å². The third kappa shape index (κ3) is 2.05. The van der Waals surface area contributed by atoms with Gasteiger partial charge in [0.05, 0.1) is 24.9 Å². The van der Waals surface area contributed by atoms with Crippen molar-refractivity contribution in [3.8, 4) is 0 Å². The van der Waals surface area contributed by atoms with Crippen molar-refractivity contribution >= 4 is 23.4 Å². The van der Waals surface area contributed by atoms with Gasteiger partial charge in [0.25, 0.3) is 0 Å². The molecule has 1 saturated heterocycles. The van der Waals surface area contributed by atoms with Crippen molar-refractivity contribution in [2.24, 2.45) is 0 Å². The smallest absolute Gasteiger partial charge is 0.222 e. The number of anilines is 2. The van der Waals surface area contributed by atoms with Crippen LogP contribution in [0.2, 0.25) is 5.02 Å². The van der Waals surface area contributed by atoms with Crippen LogP contribution in [0.25, 0.3) is 0 Å². The van der Waals surface area contributed by atoms with Crippen molar-refractivity contribution < 1.29 is 4.74 Å². The van der Waals surface area contributed by atoms with Crippen molar-refractivity contribution in [1.82, 2.24) is 9.97 Å². The predicted molar refractivity (Wildman–Crippen MR) is 63.7 cm³/mol. The lowest BCUT2D eigenvalue weighted by Gasteiger charge is -2.43. The van der Waals surface area contributed by atoms with Crippen molar-refractivity contribution in [2.75, 3.05) is 30.4 Å². The molecule has 6 heteroatoms. The van der Waals surface area contributed by atoms with E-state index in [1.54, 1.807) is 0 Å². The number of nitrogen functional groups attached to an aromatic ring is 1. The van der Waals surface area contributed by atoms with Crippen LogP contribution in [0.5, 0.6) is 0 Å². The molecule has 2 N–H and O–H groups in total. The highest BCUT2D eigenvalue weighted by Gasteiger charge is 2.32. The minimum atomic E-state index is -0.136. The maximum absolute atomic E-state index is 6.09. The van der Waals surface area contributed by atoms with E-state index in [4.69, 9.17) is 22.1 Å². The Labute approximate surface area is 99.6 Å². The first-order chi connectivity index (χ1) is 7.50. The van der Waals surface area contributed by atoms with Crippen LogP contribution in [0.1, 0.15) is 13.8 Å². The van der Waals surface area contributed by atoms with Gasteiger partial charge in [-0.15, -0.1) is 0 Å². The van der Waals surface area contributed by atoms with Crippen molar-refractivity contribution in [3.05, 3.63) is 11.2 Å². The molecule has 88 valence electrons. The second-order valence-electron chi connectivity index (χ2n) is 4.42. The zero-order chi connectivity index (χ0) is 11.8. The Morgan fingerprint density at radius 3 is 3.00 bits per heavy atom. The highest BCUT2D eigenvalue weighted by Crippen LogP contribution is 2.30. The molecule has 2 heterocycles.